The Bertz CT molecular complexity index is 447. The number of nitrogens with zero attached hydrogens (tertiary/aromatic N) is 3. The van der Waals surface area contributed by atoms with Crippen molar-refractivity contribution in [2.24, 2.45) is 0 Å². The van der Waals surface area contributed by atoms with E-state index < -0.39 is 0 Å². The molecule has 70 valence electrons. The van der Waals surface area contributed by atoms with Crippen molar-refractivity contribution in [3.8, 4) is 0 Å². The van der Waals surface area contributed by atoms with Gasteiger partial charge in [0.15, 0.2) is 0 Å². The van der Waals surface area contributed by atoms with Gasteiger partial charge in [0.1, 0.15) is 11.5 Å². The zero-order chi connectivity index (χ0) is 9.97. The normalized spacial score (nSPS) is 10.1. The molecule has 2 aromatic rings. The standard InChI is InChI=1S/C10H9N3O/c1-8-11-6-7-13(8)10(14)9-4-2-3-5-12-9/h2-7H,1H3. The summed E-state index contributed by atoms with van der Waals surface area (Å²) in [6, 6.07) is 5.24. The zero-order valence-electron chi connectivity index (χ0n) is 7.71. The second-order valence-corrected chi connectivity index (χ2v) is 2.86. The third-order valence-electron chi connectivity index (χ3n) is 1.93. The van der Waals surface area contributed by atoms with Crippen LogP contribution in [0.3, 0.4) is 0 Å². The van der Waals surface area contributed by atoms with Crippen molar-refractivity contribution < 1.29 is 4.79 Å². The molecule has 0 saturated carbocycles. The highest BCUT2D eigenvalue weighted by Gasteiger charge is 2.10. The molecule has 0 amide bonds. The van der Waals surface area contributed by atoms with Crippen LogP contribution in [0.1, 0.15) is 16.3 Å². The first kappa shape index (κ1) is 8.62. The minimum atomic E-state index is -0.152. The Balaban J connectivity index is 2.39. The smallest absolute Gasteiger partial charge is 0.268 e. The fourth-order valence-corrected chi connectivity index (χ4v) is 1.21. The van der Waals surface area contributed by atoms with Crippen LogP contribution >= 0.6 is 0 Å². The number of imidazole rings is 1. The Morgan fingerprint density at radius 1 is 1.29 bits per heavy atom. The van der Waals surface area contributed by atoms with Crippen LogP contribution in [0.2, 0.25) is 0 Å². The maximum absolute atomic E-state index is 11.8. The van der Waals surface area contributed by atoms with Gasteiger partial charge in [-0.1, -0.05) is 6.07 Å². The van der Waals surface area contributed by atoms with Crippen molar-refractivity contribution in [2.45, 2.75) is 6.92 Å². The fourth-order valence-electron chi connectivity index (χ4n) is 1.21. The summed E-state index contributed by atoms with van der Waals surface area (Å²) < 4.78 is 1.47. The molecule has 0 aromatic carbocycles. The maximum atomic E-state index is 11.8. The quantitative estimate of drug-likeness (QED) is 0.675. The Morgan fingerprint density at radius 3 is 2.71 bits per heavy atom. The van der Waals surface area contributed by atoms with E-state index in [2.05, 4.69) is 9.97 Å². The number of hydrogen-bond donors (Lipinski definition) is 0. The van der Waals surface area contributed by atoms with E-state index in [-0.39, 0.29) is 5.91 Å². The van der Waals surface area contributed by atoms with Crippen molar-refractivity contribution in [3.63, 3.8) is 0 Å². The molecular formula is C10H9N3O. The third-order valence-corrected chi connectivity index (χ3v) is 1.93. The van der Waals surface area contributed by atoms with Gasteiger partial charge in [-0.3, -0.25) is 14.3 Å². The number of aryl methyl sites for hydroxylation is 1. The first-order chi connectivity index (χ1) is 6.79. The van der Waals surface area contributed by atoms with Crippen LogP contribution in [0.5, 0.6) is 0 Å². The molecule has 2 rings (SSSR count). The first-order valence-corrected chi connectivity index (χ1v) is 4.25. The molecule has 0 spiro atoms. The number of carbonyl (C=O) groups excluding carboxylic acids is 1. The van der Waals surface area contributed by atoms with Crippen LogP contribution in [0.4, 0.5) is 0 Å². The minimum absolute atomic E-state index is 0.152. The molecule has 14 heavy (non-hydrogen) atoms. The number of rotatable bonds is 1. The van der Waals surface area contributed by atoms with Crippen LogP contribution < -0.4 is 0 Å². The van der Waals surface area contributed by atoms with Gasteiger partial charge in [-0.05, 0) is 19.1 Å². The van der Waals surface area contributed by atoms with E-state index in [1.807, 2.05) is 0 Å². The topological polar surface area (TPSA) is 47.8 Å². The average molecular weight is 187 g/mol. The lowest BCUT2D eigenvalue weighted by Crippen LogP contribution is -2.13. The Labute approximate surface area is 81.2 Å². The molecule has 0 aliphatic heterocycles. The van der Waals surface area contributed by atoms with E-state index in [4.69, 9.17) is 0 Å². The van der Waals surface area contributed by atoms with E-state index in [0.29, 0.717) is 11.5 Å². The van der Waals surface area contributed by atoms with Gasteiger partial charge in [0.25, 0.3) is 5.91 Å². The number of aromatic nitrogens is 3. The summed E-state index contributed by atoms with van der Waals surface area (Å²) in [6.45, 7) is 1.78. The molecular weight excluding hydrogens is 178 g/mol. The molecule has 0 saturated heterocycles. The third kappa shape index (κ3) is 1.42. The van der Waals surface area contributed by atoms with Gasteiger partial charge in [0.2, 0.25) is 0 Å². The van der Waals surface area contributed by atoms with E-state index in [1.54, 1.807) is 43.7 Å². The molecule has 0 bridgehead atoms. The summed E-state index contributed by atoms with van der Waals surface area (Å²) in [5.41, 5.74) is 0.425. The minimum Gasteiger partial charge on any atom is -0.268 e. The summed E-state index contributed by atoms with van der Waals surface area (Å²) in [5, 5.41) is 0. The molecule has 0 N–H and O–H groups in total. The van der Waals surface area contributed by atoms with Gasteiger partial charge in [0, 0.05) is 18.6 Å². The van der Waals surface area contributed by atoms with Crippen molar-refractivity contribution in [2.75, 3.05) is 0 Å². The van der Waals surface area contributed by atoms with Crippen molar-refractivity contribution in [1.82, 2.24) is 14.5 Å². The molecule has 2 heterocycles. The zero-order valence-corrected chi connectivity index (χ0v) is 7.71. The van der Waals surface area contributed by atoms with Crippen LogP contribution in [-0.2, 0) is 0 Å². The predicted octanol–water partition coefficient (Wildman–Crippen LogP) is 1.28. The molecule has 2 aromatic heterocycles. The summed E-state index contributed by atoms with van der Waals surface area (Å²) in [7, 11) is 0. The second-order valence-electron chi connectivity index (χ2n) is 2.86. The van der Waals surface area contributed by atoms with Gasteiger partial charge in [0.05, 0.1) is 0 Å². The lowest BCUT2D eigenvalue weighted by molar-refractivity contribution is 0.0952. The Morgan fingerprint density at radius 2 is 2.14 bits per heavy atom. The van der Waals surface area contributed by atoms with Gasteiger partial charge in [-0.15, -0.1) is 0 Å². The summed E-state index contributed by atoms with van der Waals surface area (Å²) >= 11 is 0. The molecule has 0 fully saturated rings. The predicted molar refractivity (Wildman–Crippen MR) is 50.9 cm³/mol. The first-order valence-electron chi connectivity index (χ1n) is 4.25. The summed E-state index contributed by atoms with van der Waals surface area (Å²) in [6.07, 6.45) is 4.82. The van der Waals surface area contributed by atoms with Crippen LogP contribution in [-0.4, -0.2) is 20.4 Å². The highest BCUT2D eigenvalue weighted by molar-refractivity contribution is 5.94. The highest BCUT2D eigenvalue weighted by Crippen LogP contribution is 2.01. The SMILES string of the molecule is Cc1nccn1C(=O)c1ccccn1. The largest absolute Gasteiger partial charge is 0.281 e. The van der Waals surface area contributed by atoms with Crippen LogP contribution in [0, 0.1) is 6.92 Å². The Kier molecular flexibility index (Phi) is 2.10. The molecule has 4 nitrogen and oxygen atoms in total. The lowest BCUT2D eigenvalue weighted by Gasteiger charge is -2.01. The molecule has 0 unspecified atom stereocenters. The van der Waals surface area contributed by atoms with Gasteiger partial charge in [-0.25, -0.2) is 4.98 Å². The number of hydrogen-bond acceptors (Lipinski definition) is 3. The number of pyridine rings is 1. The van der Waals surface area contributed by atoms with Crippen LogP contribution in [0.25, 0.3) is 0 Å². The van der Waals surface area contributed by atoms with Gasteiger partial charge >= 0.3 is 0 Å². The van der Waals surface area contributed by atoms with E-state index in [0.717, 1.165) is 0 Å². The fraction of sp³-hybridized carbons (Fsp3) is 0.100. The highest BCUT2D eigenvalue weighted by atomic mass is 16.2. The molecule has 0 aliphatic carbocycles. The molecule has 0 atom stereocenters. The summed E-state index contributed by atoms with van der Waals surface area (Å²) in [5.74, 6) is 0.515. The maximum Gasteiger partial charge on any atom is 0.281 e. The van der Waals surface area contributed by atoms with Gasteiger partial charge in [-0.2, -0.15) is 0 Å². The Hall–Kier alpha value is -1.97. The van der Waals surface area contributed by atoms with E-state index >= 15 is 0 Å². The lowest BCUT2D eigenvalue weighted by atomic mass is 10.3. The van der Waals surface area contributed by atoms with Crippen molar-refractivity contribution in [3.05, 3.63) is 48.3 Å². The number of carbonyl (C=O) groups is 1. The molecule has 4 heteroatoms. The van der Waals surface area contributed by atoms with Crippen LogP contribution in [0.15, 0.2) is 36.8 Å². The average Bonchev–Trinajstić information content (AvgIpc) is 2.65. The molecule has 0 aliphatic rings. The monoisotopic (exact) mass is 187 g/mol. The second kappa shape index (κ2) is 3.41. The van der Waals surface area contributed by atoms with E-state index in [9.17, 15) is 4.79 Å². The van der Waals surface area contributed by atoms with Gasteiger partial charge < -0.3 is 0 Å². The van der Waals surface area contributed by atoms with E-state index in [1.165, 1.54) is 4.57 Å². The summed E-state index contributed by atoms with van der Waals surface area (Å²) in [4.78, 5) is 19.7. The molecule has 0 radical (unpaired) electrons. The van der Waals surface area contributed by atoms with Crippen molar-refractivity contribution >= 4 is 5.91 Å². The van der Waals surface area contributed by atoms with Crippen molar-refractivity contribution in [1.29, 1.82) is 0 Å².